The number of pyridine rings is 1. The summed E-state index contributed by atoms with van der Waals surface area (Å²) in [7, 11) is -3.72. The van der Waals surface area contributed by atoms with Crippen molar-refractivity contribution in [3.63, 3.8) is 0 Å². The SMILES string of the molecule is NS(=O)(=O)c1ccc(OC2COC3(CCNCC3)C2)nc1. The lowest BCUT2D eigenvalue weighted by Crippen LogP contribution is -2.41. The van der Waals surface area contributed by atoms with E-state index in [9.17, 15) is 8.42 Å². The summed E-state index contributed by atoms with van der Waals surface area (Å²) < 4.78 is 34.0. The van der Waals surface area contributed by atoms with E-state index in [0.29, 0.717) is 12.5 Å². The summed E-state index contributed by atoms with van der Waals surface area (Å²) in [6.45, 7) is 2.47. The Morgan fingerprint density at radius 3 is 2.76 bits per heavy atom. The van der Waals surface area contributed by atoms with Crippen LogP contribution in [0.2, 0.25) is 0 Å². The summed E-state index contributed by atoms with van der Waals surface area (Å²) in [6.07, 6.45) is 3.99. The molecule has 1 aromatic rings. The fraction of sp³-hybridized carbons (Fsp3) is 0.615. The van der Waals surface area contributed by atoms with Gasteiger partial charge < -0.3 is 14.8 Å². The minimum atomic E-state index is -3.72. The number of nitrogens with one attached hydrogen (secondary N) is 1. The van der Waals surface area contributed by atoms with Gasteiger partial charge in [-0.1, -0.05) is 0 Å². The Labute approximate surface area is 123 Å². The molecular formula is C13H19N3O4S. The number of nitrogens with two attached hydrogens (primary N) is 1. The molecule has 0 radical (unpaired) electrons. The lowest BCUT2D eigenvalue weighted by atomic mass is 9.89. The predicted octanol–water partition coefficient (Wildman–Crippen LogP) is 0.0189. The molecule has 0 saturated carbocycles. The van der Waals surface area contributed by atoms with Crippen LogP contribution >= 0.6 is 0 Å². The zero-order valence-corrected chi connectivity index (χ0v) is 12.4. The van der Waals surface area contributed by atoms with Gasteiger partial charge in [0.25, 0.3) is 0 Å². The van der Waals surface area contributed by atoms with Crippen LogP contribution in [0.3, 0.4) is 0 Å². The maximum absolute atomic E-state index is 11.2. The van der Waals surface area contributed by atoms with Crippen LogP contribution in [-0.4, -0.2) is 44.8 Å². The molecule has 3 rings (SSSR count). The van der Waals surface area contributed by atoms with Crippen molar-refractivity contribution >= 4 is 10.0 Å². The summed E-state index contributed by atoms with van der Waals surface area (Å²) in [5, 5.41) is 8.35. The van der Waals surface area contributed by atoms with Crippen LogP contribution < -0.4 is 15.2 Å². The van der Waals surface area contributed by atoms with Gasteiger partial charge in [-0.25, -0.2) is 18.5 Å². The Bertz CT molecular complexity index is 596. The highest BCUT2D eigenvalue weighted by atomic mass is 32.2. The molecule has 0 amide bonds. The number of piperidine rings is 1. The molecule has 1 spiro atoms. The van der Waals surface area contributed by atoms with E-state index in [-0.39, 0.29) is 16.6 Å². The molecule has 1 aromatic heterocycles. The number of ether oxygens (including phenoxy) is 2. The summed E-state index contributed by atoms with van der Waals surface area (Å²) in [5.41, 5.74) is -0.0730. The van der Waals surface area contributed by atoms with Gasteiger partial charge in [0.1, 0.15) is 11.0 Å². The van der Waals surface area contributed by atoms with E-state index >= 15 is 0 Å². The van der Waals surface area contributed by atoms with Crippen LogP contribution in [0.1, 0.15) is 19.3 Å². The van der Waals surface area contributed by atoms with Crippen molar-refractivity contribution < 1.29 is 17.9 Å². The number of rotatable bonds is 3. The number of primary sulfonamides is 1. The monoisotopic (exact) mass is 313 g/mol. The molecule has 2 saturated heterocycles. The van der Waals surface area contributed by atoms with Gasteiger partial charge in [0.2, 0.25) is 15.9 Å². The third-order valence-corrected chi connectivity index (χ3v) is 4.91. The smallest absolute Gasteiger partial charge is 0.239 e. The van der Waals surface area contributed by atoms with Gasteiger partial charge in [0, 0.05) is 12.5 Å². The fourth-order valence-electron chi connectivity index (χ4n) is 2.88. The molecule has 7 nitrogen and oxygen atoms in total. The zero-order valence-electron chi connectivity index (χ0n) is 11.6. The van der Waals surface area contributed by atoms with Gasteiger partial charge >= 0.3 is 0 Å². The van der Waals surface area contributed by atoms with Gasteiger partial charge in [0.05, 0.1) is 18.4 Å². The summed E-state index contributed by atoms with van der Waals surface area (Å²) in [5.74, 6) is 0.391. The first kappa shape index (κ1) is 14.7. The summed E-state index contributed by atoms with van der Waals surface area (Å²) >= 11 is 0. The first-order chi connectivity index (χ1) is 9.97. The third kappa shape index (κ3) is 3.34. The highest BCUT2D eigenvalue weighted by molar-refractivity contribution is 7.89. The second-order valence-corrected chi connectivity index (χ2v) is 7.13. The van der Waals surface area contributed by atoms with Gasteiger partial charge in [-0.3, -0.25) is 0 Å². The summed E-state index contributed by atoms with van der Waals surface area (Å²) in [6, 6.07) is 2.92. The van der Waals surface area contributed by atoms with Crippen molar-refractivity contribution in [2.24, 2.45) is 5.14 Å². The second kappa shape index (κ2) is 5.53. The molecule has 21 heavy (non-hydrogen) atoms. The first-order valence-electron chi connectivity index (χ1n) is 6.97. The predicted molar refractivity (Wildman–Crippen MR) is 75.4 cm³/mol. The molecule has 0 aromatic carbocycles. The minimum absolute atomic E-state index is 0.0210. The molecule has 116 valence electrons. The fourth-order valence-corrected chi connectivity index (χ4v) is 3.34. The third-order valence-electron chi connectivity index (χ3n) is 4.02. The summed E-state index contributed by atoms with van der Waals surface area (Å²) in [4.78, 5) is 3.97. The molecule has 3 N–H and O–H groups in total. The molecule has 3 heterocycles. The molecule has 2 aliphatic rings. The van der Waals surface area contributed by atoms with Crippen molar-refractivity contribution in [1.29, 1.82) is 0 Å². The van der Waals surface area contributed by atoms with Crippen molar-refractivity contribution in [1.82, 2.24) is 10.3 Å². The Kier molecular flexibility index (Phi) is 3.87. The second-order valence-electron chi connectivity index (χ2n) is 5.57. The number of hydrogen-bond donors (Lipinski definition) is 2. The lowest BCUT2D eigenvalue weighted by Gasteiger charge is -2.32. The Morgan fingerprint density at radius 2 is 2.14 bits per heavy atom. The van der Waals surface area contributed by atoms with E-state index in [4.69, 9.17) is 14.6 Å². The Balaban J connectivity index is 1.62. The molecule has 8 heteroatoms. The number of hydrogen-bond acceptors (Lipinski definition) is 6. The van der Waals surface area contributed by atoms with Crippen molar-refractivity contribution in [3.8, 4) is 5.88 Å². The highest BCUT2D eigenvalue weighted by Gasteiger charge is 2.42. The molecule has 1 atom stereocenters. The average molecular weight is 313 g/mol. The van der Waals surface area contributed by atoms with Gasteiger partial charge in [-0.05, 0) is 32.0 Å². The normalized spacial score (nSPS) is 25.1. The van der Waals surface area contributed by atoms with Crippen LogP contribution in [0.4, 0.5) is 0 Å². The van der Waals surface area contributed by atoms with E-state index in [1.807, 2.05) is 0 Å². The molecular weight excluding hydrogens is 294 g/mol. The van der Waals surface area contributed by atoms with Gasteiger partial charge in [-0.15, -0.1) is 0 Å². The van der Waals surface area contributed by atoms with E-state index in [0.717, 1.165) is 32.4 Å². The maximum Gasteiger partial charge on any atom is 0.239 e. The van der Waals surface area contributed by atoms with Crippen molar-refractivity contribution in [3.05, 3.63) is 18.3 Å². The average Bonchev–Trinajstić information content (AvgIpc) is 2.82. The van der Waals surface area contributed by atoms with E-state index in [1.165, 1.54) is 18.3 Å². The Hall–Kier alpha value is -1.22. The van der Waals surface area contributed by atoms with Crippen LogP contribution in [0.5, 0.6) is 5.88 Å². The van der Waals surface area contributed by atoms with Crippen LogP contribution in [-0.2, 0) is 14.8 Å². The molecule has 0 bridgehead atoms. The number of nitrogens with zero attached hydrogens (tertiary/aromatic N) is 1. The van der Waals surface area contributed by atoms with Crippen LogP contribution in [0, 0.1) is 0 Å². The Morgan fingerprint density at radius 1 is 1.38 bits per heavy atom. The van der Waals surface area contributed by atoms with E-state index in [2.05, 4.69) is 10.3 Å². The molecule has 2 aliphatic heterocycles. The molecule has 1 unspecified atom stereocenters. The highest BCUT2D eigenvalue weighted by Crippen LogP contribution is 2.35. The number of aromatic nitrogens is 1. The number of sulfonamides is 1. The standard InChI is InChI=1S/C13H19N3O4S/c14-21(17,18)11-1-2-12(16-8-11)20-10-7-13(19-9-10)3-5-15-6-4-13/h1-2,8,10,15H,3-7,9H2,(H2,14,17,18). The largest absolute Gasteiger partial charge is 0.472 e. The van der Waals surface area contributed by atoms with Crippen molar-refractivity contribution in [2.75, 3.05) is 19.7 Å². The van der Waals surface area contributed by atoms with Gasteiger partial charge in [-0.2, -0.15) is 0 Å². The minimum Gasteiger partial charge on any atom is -0.472 e. The van der Waals surface area contributed by atoms with E-state index < -0.39 is 10.0 Å². The van der Waals surface area contributed by atoms with Crippen LogP contribution in [0.25, 0.3) is 0 Å². The van der Waals surface area contributed by atoms with Gasteiger partial charge in [0.15, 0.2) is 0 Å². The van der Waals surface area contributed by atoms with Crippen molar-refractivity contribution in [2.45, 2.75) is 35.9 Å². The molecule has 0 aliphatic carbocycles. The zero-order chi connectivity index (χ0) is 14.9. The topological polar surface area (TPSA) is 104 Å². The molecule has 2 fully saturated rings. The van der Waals surface area contributed by atoms with Crippen LogP contribution in [0.15, 0.2) is 23.2 Å². The first-order valence-corrected chi connectivity index (χ1v) is 8.52. The lowest BCUT2D eigenvalue weighted by molar-refractivity contribution is -0.0205. The quantitative estimate of drug-likeness (QED) is 0.815. The maximum atomic E-state index is 11.2. The van der Waals surface area contributed by atoms with E-state index in [1.54, 1.807) is 0 Å².